The van der Waals surface area contributed by atoms with E-state index in [4.69, 9.17) is 0 Å². The molecule has 198 valence electrons. The second-order valence-electron chi connectivity index (χ2n) is 9.96. The van der Waals surface area contributed by atoms with Crippen LogP contribution in [-0.2, 0) is 19.0 Å². The highest BCUT2D eigenvalue weighted by Crippen LogP contribution is 2.38. The fourth-order valence-corrected chi connectivity index (χ4v) is 5.45. The molecule has 3 aromatic carbocycles. The van der Waals surface area contributed by atoms with Gasteiger partial charge in [0.15, 0.2) is 11.6 Å². The first-order valence-corrected chi connectivity index (χ1v) is 12.7. The van der Waals surface area contributed by atoms with Crippen LogP contribution in [0.4, 0.5) is 30.7 Å². The lowest BCUT2D eigenvalue weighted by Crippen LogP contribution is -2.13. The van der Waals surface area contributed by atoms with E-state index < -0.39 is 35.0 Å². The smallest absolute Gasteiger partial charge is 0.206 e. The minimum atomic E-state index is -5.16. The van der Waals surface area contributed by atoms with E-state index in [0.717, 1.165) is 18.8 Å². The summed E-state index contributed by atoms with van der Waals surface area (Å²) in [5, 5.41) is 0. The molecule has 1 fully saturated rings. The molecule has 0 N–H and O–H groups in total. The zero-order chi connectivity index (χ0) is 26.7. The highest BCUT2D eigenvalue weighted by molar-refractivity contribution is 5.65. The maximum atomic E-state index is 14.9. The summed E-state index contributed by atoms with van der Waals surface area (Å²) in [5.41, 5.74) is -0.224. The van der Waals surface area contributed by atoms with Gasteiger partial charge in [0.25, 0.3) is 0 Å². The average Bonchev–Trinajstić information content (AvgIpc) is 2.84. The van der Waals surface area contributed by atoms with Crippen LogP contribution >= 0.6 is 0 Å². The van der Waals surface area contributed by atoms with Gasteiger partial charge in [-0.3, -0.25) is 0 Å². The topological polar surface area (TPSA) is 0 Å². The van der Waals surface area contributed by atoms with Crippen LogP contribution in [0.15, 0.2) is 48.5 Å². The molecule has 1 aliphatic carbocycles. The first kappa shape index (κ1) is 27.2. The Morgan fingerprint density at radius 3 is 1.95 bits per heavy atom. The van der Waals surface area contributed by atoms with Gasteiger partial charge in [-0.1, -0.05) is 56.2 Å². The summed E-state index contributed by atoms with van der Waals surface area (Å²) in [7, 11) is 0. The molecule has 0 aromatic heterocycles. The Hall–Kier alpha value is -2.83. The maximum Gasteiger partial charge on any atom is 0.422 e. The van der Waals surface area contributed by atoms with E-state index in [9.17, 15) is 30.7 Å². The average molecular weight is 523 g/mol. The summed E-state index contributed by atoms with van der Waals surface area (Å²) < 4.78 is 95.7. The van der Waals surface area contributed by atoms with Crippen LogP contribution in [-0.4, -0.2) is 0 Å². The second kappa shape index (κ2) is 11.3. The predicted molar refractivity (Wildman–Crippen MR) is 130 cm³/mol. The number of halogens is 7. The van der Waals surface area contributed by atoms with Gasteiger partial charge in [-0.2, -0.15) is 13.2 Å². The zero-order valence-electron chi connectivity index (χ0n) is 20.6. The van der Waals surface area contributed by atoms with Crippen molar-refractivity contribution >= 4 is 0 Å². The Morgan fingerprint density at radius 1 is 0.757 bits per heavy atom. The molecule has 37 heavy (non-hydrogen) atoms. The Labute approximate surface area is 212 Å². The first-order valence-electron chi connectivity index (χ1n) is 12.7. The van der Waals surface area contributed by atoms with E-state index in [0.29, 0.717) is 23.6 Å². The Kier molecular flexibility index (Phi) is 8.29. The van der Waals surface area contributed by atoms with Crippen molar-refractivity contribution in [3.8, 4) is 11.1 Å². The van der Waals surface area contributed by atoms with Crippen LogP contribution in [0, 0.1) is 29.2 Å². The highest BCUT2D eigenvalue weighted by atomic mass is 19.4. The van der Waals surface area contributed by atoms with Gasteiger partial charge in [0.1, 0.15) is 17.2 Å². The Morgan fingerprint density at radius 2 is 1.38 bits per heavy atom. The molecule has 3 aromatic rings. The van der Waals surface area contributed by atoms with Crippen molar-refractivity contribution in [2.24, 2.45) is 5.92 Å². The molecule has 0 spiro atoms. The standard InChI is InChI=1S/C30H29F7/c1-2-3-18-4-7-20(8-5-18)21-10-12-22(13-11-21)24-15-14-23(28(33)29(24)34)9-6-19-16-25(31)27(26(32)17-19)30(35,36)37/h10-18,20H,2-9H2,1H3. The van der Waals surface area contributed by atoms with Crippen molar-refractivity contribution < 1.29 is 30.7 Å². The molecule has 0 atom stereocenters. The van der Waals surface area contributed by atoms with Gasteiger partial charge in [0, 0.05) is 5.56 Å². The molecule has 0 saturated heterocycles. The van der Waals surface area contributed by atoms with E-state index in [1.807, 2.05) is 12.1 Å². The summed E-state index contributed by atoms with van der Waals surface area (Å²) in [5.74, 6) is -4.30. The van der Waals surface area contributed by atoms with E-state index >= 15 is 0 Å². The van der Waals surface area contributed by atoms with E-state index in [1.54, 1.807) is 12.1 Å². The molecule has 1 aliphatic rings. The molecule has 7 heteroatoms. The van der Waals surface area contributed by atoms with Crippen LogP contribution in [0.2, 0.25) is 0 Å². The van der Waals surface area contributed by atoms with Crippen LogP contribution in [0.3, 0.4) is 0 Å². The predicted octanol–water partition coefficient (Wildman–Crippen LogP) is 9.79. The third kappa shape index (κ3) is 6.19. The molecule has 0 amide bonds. The van der Waals surface area contributed by atoms with Gasteiger partial charge < -0.3 is 0 Å². The molecule has 0 nitrogen and oxygen atoms in total. The number of aryl methyl sites for hydroxylation is 2. The van der Waals surface area contributed by atoms with Gasteiger partial charge in [-0.15, -0.1) is 0 Å². The van der Waals surface area contributed by atoms with E-state index in [1.165, 1.54) is 43.4 Å². The van der Waals surface area contributed by atoms with Gasteiger partial charge in [0.2, 0.25) is 0 Å². The van der Waals surface area contributed by atoms with Crippen LogP contribution in [0.1, 0.15) is 73.6 Å². The summed E-state index contributed by atoms with van der Waals surface area (Å²) in [6.45, 7) is 2.21. The molecule has 4 rings (SSSR count). The molecule has 1 saturated carbocycles. The third-order valence-corrected chi connectivity index (χ3v) is 7.47. The van der Waals surface area contributed by atoms with Crippen molar-refractivity contribution in [3.63, 3.8) is 0 Å². The second-order valence-corrected chi connectivity index (χ2v) is 9.96. The molecule has 0 bridgehead atoms. The molecule has 0 heterocycles. The van der Waals surface area contributed by atoms with Crippen molar-refractivity contribution in [3.05, 3.63) is 94.1 Å². The number of alkyl halides is 3. The normalized spacial score (nSPS) is 18.3. The van der Waals surface area contributed by atoms with Gasteiger partial charge in [0.05, 0.1) is 0 Å². The van der Waals surface area contributed by atoms with Gasteiger partial charge in [-0.05, 0) is 84.7 Å². The van der Waals surface area contributed by atoms with Crippen LogP contribution < -0.4 is 0 Å². The zero-order valence-corrected chi connectivity index (χ0v) is 20.6. The Bertz CT molecular complexity index is 1200. The van der Waals surface area contributed by atoms with Crippen molar-refractivity contribution in [2.75, 3.05) is 0 Å². The fraction of sp³-hybridized carbons (Fsp3) is 0.400. The molecule has 0 radical (unpaired) electrons. The SMILES string of the molecule is CCCC1CCC(c2ccc(-c3ccc(CCc4cc(F)c(C(F)(F)F)c(F)c4)c(F)c3F)cc2)CC1. The maximum absolute atomic E-state index is 14.9. The first-order chi connectivity index (χ1) is 17.6. The quantitative estimate of drug-likeness (QED) is 0.271. The summed E-state index contributed by atoms with van der Waals surface area (Å²) in [4.78, 5) is 0. The summed E-state index contributed by atoms with van der Waals surface area (Å²) in [6.07, 6.45) is 1.72. The summed E-state index contributed by atoms with van der Waals surface area (Å²) in [6, 6.07) is 11.5. The number of benzene rings is 3. The lowest BCUT2D eigenvalue weighted by Gasteiger charge is -2.28. The Balaban J connectivity index is 1.45. The van der Waals surface area contributed by atoms with Gasteiger partial charge in [-0.25, -0.2) is 17.6 Å². The highest BCUT2D eigenvalue weighted by Gasteiger charge is 2.37. The van der Waals surface area contributed by atoms with Crippen LogP contribution in [0.25, 0.3) is 11.1 Å². The number of hydrogen-bond donors (Lipinski definition) is 0. The van der Waals surface area contributed by atoms with Gasteiger partial charge >= 0.3 is 6.18 Å². The monoisotopic (exact) mass is 522 g/mol. The lowest BCUT2D eigenvalue weighted by atomic mass is 9.77. The fourth-order valence-electron chi connectivity index (χ4n) is 5.45. The van der Waals surface area contributed by atoms with E-state index in [-0.39, 0.29) is 29.5 Å². The summed E-state index contributed by atoms with van der Waals surface area (Å²) >= 11 is 0. The number of hydrogen-bond acceptors (Lipinski definition) is 0. The van der Waals surface area contributed by atoms with Crippen molar-refractivity contribution in [1.29, 1.82) is 0 Å². The minimum Gasteiger partial charge on any atom is -0.206 e. The van der Waals surface area contributed by atoms with Crippen LogP contribution in [0.5, 0.6) is 0 Å². The molecular weight excluding hydrogens is 493 g/mol. The van der Waals surface area contributed by atoms with Crippen molar-refractivity contribution in [2.45, 2.75) is 70.4 Å². The van der Waals surface area contributed by atoms with Crippen molar-refractivity contribution in [1.82, 2.24) is 0 Å². The molecule has 0 unspecified atom stereocenters. The van der Waals surface area contributed by atoms with E-state index in [2.05, 4.69) is 6.92 Å². The lowest BCUT2D eigenvalue weighted by molar-refractivity contribution is -0.142. The molecular formula is C30H29F7. The largest absolute Gasteiger partial charge is 0.422 e. The third-order valence-electron chi connectivity index (χ3n) is 7.47. The number of rotatable bonds is 7. The molecule has 0 aliphatic heterocycles. The minimum absolute atomic E-state index is 0.0255.